The molecule has 1 N–H and O–H groups in total. The van der Waals surface area contributed by atoms with Gasteiger partial charge in [-0.05, 0) is 49.0 Å². The van der Waals surface area contributed by atoms with Crippen molar-refractivity contribution in [3.63, 3.8) is 0 Å². The Hall–Kier alpha value is -1.12. The number of carboxylic acid groups (broad SMARTS) is 1. The first-order chi connectivity index (χ1) is 7.80. The van der Waals surface area contributed by atoms with E-state index in [0.717, 1.165) is 18.8 Å². The lowest BCUT2D eigenvalue weighted by atomic mass is 9.70. The molecule has 1 fully saturated rings. The van der Waals surface area contributed by atoms with Crippen LogP contribution in [0.2, 0.25) is 0 Å². The first-order valence-electron chi connectivity index (χ1n) is 6.26. The van der Waals surface area contributed by atoms with Crippen molar-refractivity contribution in [2.24, 2.45) is 17.3 Å². The summed E-state index contributed by atoms with van der Waals surface area (Å²) >= 11 is 0. The van der Waals surface area contributed by atoms with Crippen LogP contribution in [0.25, 0.3) is 0 Å². The number of aliphatic carboxylic acids is 1. The number of ketones is 1. The minimum atomic E-state index is -1.37. The van der Waals surface area contributed by atoms with E-state index >= 15 is 0 Å². The third-order valence-corrected chi connectivity index (χ3v) is 3.73. The fourth-order valence-corrected chi connectivity index (χ4v) is 2.47. The lowest BCUT2D eigenvalue weighted by Crippen LogP contribution is -2.25. The number of hydrogen-bond donors (Lipinski definition) is 1. The molecule has 3 heteroatoms. The van der Waals surface area contributed by atoms with Crippen molar-refractivity contribution in [2.45, 2.75) is 46.5 Å². The topological polar surface area (TPSA) is 54.4 Å². The molecule has 0 bridgehead atoms. The normalized spacial score (nSPS) is 26.1. The number of carbonyl (C=O) groups excluding carboxylic acids is 1. The Balaban J connectivity index is 2.43. The predicted octanol–water partition coefficient (Wildman–Crippen LogP) is 3.05. The van der Waals surface area contributed by atoms with Gasteiger partial charge >= 0.3 is 5.97 Å². The van der Waals surface area contributed by atoms with Crippen LogP contribution >= 0.6 is 0 Å². The highest BCUT2D eigenvalue weighted by atomic mass is 16.4. The molecule has 0 radical (unpaired) electrons. The second-order valence-corrected chi connectivity index (χ2v) is 6.01. The summed E-state index contributed by atoms with van der Waals surface area (Å²) in [6.07, 6.45) is 7.44. The molecular weight excluding hydrogens is 216 g/mol. The first-order valence-corrected chi connectivity index (χ1v) is 6.26. The van der Waals surface area contributed by atoms with E-state index in [2.05, 4.69) is 20.8 Å². The molecule has 0 saturated heterocycles. The minimum Gasteiger partial charge on any atom is -0.475 e. The van der Waals surface area contributed by atoms with Gasteiger partial charge < -0.3 is 5.11 Å². The van der Waals surface area contributed by atoms with Crippen LogP contribution in [-0.2, 0) is 9.59 Å². The molecule has 1 aliphatic rings. The molecule has 96 valence electrons. The largest absolute Gasteiger partial charge is 0.475 e. The van der Waals surface area contributed by atoms with Crippen LogP contribution in [0, 0.1) is 17.3 Å². The van der Waals surface area contributed by atoms with Gasteiger partial charge in [-0.3, -0.25) is 4.79 Å². The Bertz CT molecular complexity index is 315. The zero-order valence-corrected chi connectivity index (χ0v) is 10.9. The number of rotatable bonds is 3. The monoisotopic (exact) mass is 238 g/mol. The molecule has 0 aromatic carbocycles. The average molecular weight is 238 g/mol. The number of carbonyl (C=O) groups is 2. The molecule has 0 amide bonds. The van der Waals surface area contributed by atoms with E-state index in [1.807, 2.05) is 0 Å². The number of allylic oxidation sites excluding steroid dienone is 1. The fraction of sp³-hybridized carbons (Fsp3) is 0.714. The van der Waals surface area contributed by atoms with Crippen molar-refractivity contribution in [1.82, 2.24) is 0 Å². The van der Waals surface area contributed by atoms with Crippen molar-refractivity contribution in [1.29, 1.82) is 0 Å². The predicted molar refractivity (Wildman–Crippen MR) is 66.7 cm³/mol. The summed E-state index contributed by atoms with van der Waals surface area (Å²) in [6, 6.07) is 0. The molecule has 0 aromatic rings. The summed E-state index contributed by atoms with van der Waals surface area (Å²) in [5.41, 5.74) is 0.353. The van der Waals surface area contributed by atoms with E-state index in [9.17, 15) is 9.59 Å². The van der Waals surface area contributed by atoms with Gasteiger partial charge in [-0.15, -0.1) is 0 Å². The molecule has 3 nitrogen and oxygen atoms in total. The molecular formula is C14H22O3. The third kappa shape index (κ3) is 4.33. The molecule has 0 unspecified atom stereocenters. The molecule has 0 aliphatic heterocycles. The number of carboxylic acids is 1. The van der Waals surface area contributed by atoms with Gasteiger partial charge in [-0.1, -0.05) is 26.8 Å². The first kappa shape index (κ1) is 13.9. The van der Waals surface area contributed by atoms with Crippen LogP contribution in [0.15, 0.2) is 12.2 Å². The Morgan fingerprint density at radius 3 is 2.06 bits per heavy atom. The zero-order chi connectivity index (χ0) is 13.1. The van der Waals surface area contributed by atoms with Crippen LogP contribution in [0.5, 0.6) is 0 Å². The van der Waals surface area contributed by atoms with Gasteiger partial charge in [0, 0.05) is 0 Å². The summed E-state index contributed by atoms with van der Waals surface area (Å²) in [4.78, 5) is 21.3. The van der Waals surface area contributed by atoms with Gasteiger partial charge in [-0.2, -0.15) is 0 Å². The third-order valence-electron chi connectivity index (χ3n) is 3.73. The van der Waals surface area contributed by atoms with Gasteiger partial charge in [0.2, 0.25) is 0 Å². The standard InChI is InChI=1S/C14H22O3/c1-14(2,3)11-7-4-10(5-8-11)6-9-12(15)13(16)17/h6,9-11H,4-5,7-8H2,1-3H3,(H,16,17)/b9-6+. The van der Waals surface area contributed by atoms with Crippen molar-refractivity contribution >= 4 is 11.8 Å². The lowest BCUT2D eigenvalue weighted by Gasteiger charge is -2.36. The zero-order valence-electron chi connectivity index (χ0n) is 10.9. The molecule has 17 heavy (non-hydrogen) atoms. The molecule has 0 atom stereocenters. The highest BCUT2D eigenvalue weighted by Gasteiger charge is 2.28. The van der Waals surface area contributed by atoms with Crippen molar-refractivity contribution in [3.05, 3.63) is 12.2 Å². The Labute approximate surface area is 103 Å². The van der Waals surface area contributed by atoms with Gasteiger partial charge in [0.25, 0.3) is 5.78 Å². The van der Waals surface area contributed by atoms with Crippen molar-refractivity contribution < 1.29 is 14.7 Å². The van der Waals surface area contributed by atoms with Crippen molar-refractivity contribution in [3.8, 4) is 0 Å². The maximum Gasteiger partial charge on any atom is 0.376 e. The Morgan fingerprint density at radius 1 is 1.12 bits per heavy atom. The van der Waals surface area contributed by atoms with Gasteiger partial charge in [0.1, 0.15) is 0 Å². The van der Waals surface area contributed by atoms with Crippen LogP contribution in [0.1, 0.15) is 46.5 Å². The highest BCUT2D eigenvalue weighted by molar-refractivity contribution is 6.37. The van der Waals surface area contributed by atoms with Crippen LogP contribution in [0.4, 0.5) is 0 Å². The molecule has 1 saturated carbocycles. The second-order valence-electron chi connectivity index (χ2n) is 6.01. The molecule has 1 rings (SSSR count). The molecule has 1 aliphatic carbocycles. The Kier molecular flexibility index (Phi) is 4.49. The van der Waals surface area contributed by atoms with E-state index in [4.69, 9.17) is 5.11 Å². The molecule has 0 aromatic heterocycles. The van der Waals surface area contributed by atoms with E-state index in [1.165, 1.54) is 18.9 Å². The van der Waals surface area contributed by atoms with Gasteiger partial charge in [-0.25, -0.2) is 4.79 Å². The summed E-state index contributed by atoms with van der Waals surface area (Å²) < 4.78 is 0. The smallest absolute Gasteiger partial charge is 0.376 e. The van der Waals surface area contributed by atoms with Crippen molar-refractivity contribution in [2.75, 3.05) is 0 Å². The second kappa shape index (κ2) is 5.48. The van der Waals surface area contributed by atoms with E-state index in [1.54, 1.807) is 6.08 Å². The maximum atomic E-state index is 10.9. The number of hydrogen-bond acceptors (Lipinski definition) is 2. The Morgan fingerprint density at radius 2 is 1.65 bits per heavy atom. The van der Waals surface area contributed by atoms with E-state index in [-0.39, 0.29) is 0 Å². The van der Waals surface area contributed by atoms with Crippen LogP contribution in [0.3, 0.4) is 0 Å². The van der Waals surface area contributed by atoms with Crippen LogP contribution in [-0.4, -0.2) is 16.9 Å². The van der Waals surface area contributed by atoms with Gasteiger partial charge in [0.05, 0.1) is 0 Å². The maximum absolute atomic E-state index is 10.9. The molecule has 0 heterocycles. The van der Waals surface area contributed by atoms with E-state index in [0.29, 0.717) is 11.3 Å². The fourth-order valence-electron chi connectivity index (χ4n) is 2.47. The summed E-state index contributed by atoms with van der Waals surface area (Å²) in [5.74, 6) is -1.08. The summed E-state index contributed by atoms with van der Waals surface area (Å²) in [7, 11) is 0. The highest BCUT2D eigenvalue weighted by Crippen LogP contribution is 2.40. The summed E-state index contributed by atoms with van der Waals surface area (Å²) in [5, 5.41) is 8.46. The SMILES string of the molecule is CC(C)(C)C1CCC(/C=C/C(=O)C(=O)O)CC1. The van der Waals surface area contributed by atoms with Gasteiger partial charge in [0.15, 0.2) is 0 Å². The quantitative estimate of drug-likeness (QED) is 0.607. The van der Waals surface area contributed by atoms with Crippen LogP contribution < -0.4 is 0 Å². The summed E-state index contributed by atoms with van der Waals surface area (Å²) in [6.45, 7) is 6.80. The lowest BCUT2D eigenvalue weighted by molar-refractivity contribution is -0.146. The average Bonchev–Trinajstić information content (AvgIpc) is 2.25. The van der Waals surface area contributed by atoms with E-state index < -0.39 is 11.8 Å². The molecule has 0 spiro atoms. The minimum absolute atomic E-state index is 0.353.